The Hall–Kier alpha value is -4.21. The van der Waals surface area contributed by atoms with Gasteiger partial charge >= 0.3 is 12.1 Å². The van der Waals surface area contributed by atoms with Crippen LogP contribution in [0.1, 0.15) is 87.1 Å². The average Bonchev–Trinajstić information content (AvgIpc) is 3.47. The van der Waals surface area contributed by atoms with Gasteiger partial charge in [0.1, 0.15) is 12.2 Å². The first-order valence-electron chi connectivity index (χ1n) is 19.5. The number of oxime groups is 1. The van der Waals surface area contributed by atoms with E-state index in [2.05, 4.69) is 27.3 Å². The molecule has 0 spiro atoms. The van der Waals surface area contributed by atoms with Gasteiger partial charge in [-0.25, -0.2) is 14.0 Å². The zero-order chi connectivity index (χ0) is 43.3. The molecule has 0 unspecified atom stereocenters. The van der Waals surface area contributed by atoms with E-state index < -0.39 is 83.2 Å². The summed E-state index contributed by atoms with van der Waals surface area (Å²) in [6, 6.07) is 1.28. The van der Waals surface area contributed by atoms with Crippen LogP contribution in [-0.2, 0) is 47.6 Å². The van der Waals surface area contributed by atoms with Crippen LogP contribution in [0.4, 0.5) is 14.9 Å². The lowest BCUT2D eigenvalue weighted by atomic mass is 9.73. The predicted molar refractivity (Wildman–Crippen MR) is 208 cm³/mol. The number of aromatic nitrogens is 1. The number of hydrogen-bond donors (Lipinski definition) is 2. The Balaban J connectivity index is 1.81. The van der Waals surface area contributed by atoms with E-state index in [-0.39, 0.29) is 37.5 Å². The quantitative estimate of drug-likeness (QED) is 0.125. The Labute approximate surface area is 339 Å². The number of halogens is 1. The first-order chi connectivity index (χ1) is 27.1. The lowest BCUT2D eigenvalue weighted by molar-refractivity contribution is -0.295. The summed E-state index contributed by atoms with van der Waals surface area (Å²) in [4.78, 5) is 64.0. The normalized spacial score (nSPS) is 38.1. The zero-order valence-electron chi connectivity index (χ0n) is 35.5. The second-order valence-corrected chi connectivity index (χ2v) is 16.3. The third kappa shape index (κ3) is 10.1. The van der Waals surface area contributed by atoms with Crippen LogP contribution in [0.5, 0.6) is 0 Å². The molecule has 4 heterocycles. The van der Waals surface area contributed by atoms with Gasteiger partial charge in [-0.15, -0.1) is 0 Å². The molecule has 0 radical (unpaired) electrons. The second kappa shape index (κ2) is 18.8. The first-order valence-corrected chi connectivity index (χ1v) is 19.5. The van der Waals surface area contributed by atoms with Gasteiger partial charge in [-0.05, 0) is 67.1 Å². The molecular weight excluding hydrogens is 759 g/mol. The number of nitrogens with zero attached hydrogens (tertiary/aromatic N) is 3. The predicted octanol–water partition coefficient (Wildman–Crippen LogP) is 4.21. The highest BCUT2D eigenvalue weighted by Crippen LogP contribution is 2.43. The van der Waals surface area contributed by atoms with E-state index in [1.807, 2.05) is 32.8 Å². The maximum Gasteiger partial charge on any atom is 0.509 e. The van der Waals surface area contributed by atoms with Gasteiger partial charge in [0, 0.05) is 49.6 Å². The summed E-state index contributed by atoms with van der Waals surface area (Å²) in [5.41, 5.74) is -4.92. The van der Waals surface area contributed by atoms with Crippen molar-refractivity contribution < 1.29 is 61.9 Å². The van der Waals surface area contributed by atoms with Gasteiger partial charge in [0.15, 0.2) is 30.4 Å². The Kier molecular flexibility index (Phi) is 15.1. The molecule has 322 valence electrons. The van der Waals surface area contributed by atoms with Crippen molar-refractivity contribution in [3.63, 3.8) is 0 Å². The van der Waals surface area contributed by atoms with E-state index in [0.717, 1.165) is 6.92 Å². The molecule has 3 saturated heterocycles. The number of anilines is 1. The number of amides is 1. The summed E-state index contributed by atoms with van der Waals surface area (Å²) in [6.07, 6.45) is -3.88. The molecule has 4 rings (SSSR count). The molecule has 1 aromatic rings. The average molecular weight is 819 g/mol. The van der Waals surface area contributed by atoms with Crippen LogP contribution >= 0.6 is 0 Å². The van der Waals surface area contributed by atoms with E-state index >= 15 is 4.39 Å². The lowest BCUT2D eigenvalue weighted by Crippen LogP contribution is -2.61. The number of pyridine rings is 1. The molecule has 0 bridgehead atoms. The number of ketones is 1. The highest BCUT2D eigenvalue weighted by Gasteiger charge is 2.60. The van der Waals surface area contributed by atoms with Gasteiger partial charge in [-0.1, -0.05) is 44.7 Å². The zero-order valence-corrected chi connectivity index (χ0v) is 35.5. The smallest absolute Gasteiger partial charge is 0.455 e. The Morgan fingerprint density at radius 2 is 1.81 bits per heavy atom. The van der Waals surface area contributed by atoms with E-state index in [9.17, 15) is 24.3 Å². The van der Waals surface area contributed by atoms with Crippen LogP contribution < -0.4 is 5.32 Å². The van der Waals surface area contributed by atoms with Gasteiger partial charge in [0.2, 0.25) is 5.91 Å². The number of cyclic esters (lactones) is 1. The number of nitrogens with one attached hydrogen (secondary N) is 1. The number of hydrogen-bond acceptors (Lipinski definition) is 15. The van der Waals surface area contributed by atoms with Crippen LogP contribution in [0, 0.1) is 29.6 Å². The molecule has 13 atom stereocenters. The SMILES string of the molecule is CC[C@H]1OC(=O)[C@@](C)(F)C(=O)[C@H](C)[C@@H](O[C@@H]2O[C@H](C)C[C@H](N(C)C)[C@H]2O)[C@](C)(OC)C[C@@H](C)/C(=N\OCC#Cc2cncc(NC(C)=O)c2)[C@H](C)[C@H]2OC(=O)O[C@@]21C. The summed E-state index contributed by atoms with van der Waals surface area (Å²) in [6.45, 7) is 13.7. The fourth-order valence-corrected chi connectivity index (χ4v) is 8.29. The second-order valence-electron chi connectivity index (χ2n) is 16.3. The third-order valence-corrected chi connectivity index (χ3v) is 11.4. The molecule has 1 aromatic heterocycles. The number of carbonyl (C=O) groups excluding carboxylic acids is 4. The largest absolute Gasteiger partial charge is 0.509 e. The number of carbonyl (C=O) groups is 4. The summed E-state index contributed by atoms with van der Waals surface area (Å²) in [5, 5.41) is 18.6. The number of rotatable bonds is 8. The molecule has 1 amide bonds. The van der Waals surface area contributed by atoms with Crippen LogP contribution in [0.25, 0.3) is 0 Å². The minimum atomic E-state index is -3.19. The van der Waals surface area contributed by atoms with Gasteiger partial charge < -0.3 is 48.6 Å². The van der Waals surface area contributed by atoms with Crippen LogP contribution in [0.2, 0.25) is 0 Å². The van der Waals surface area contributed by atoms with Gasteiger partial charge in [0.05, 0.1) is 35.4 Å². The number of likely N-dealkylation sites (N-methyl/N-ethyl adjacent to an activating group) is 1. The van der Waals surface area contributed by atoms with Gasteiger partial charge in [-0.2, -0.15) is 0 Å². The van der Waals surface area contributed by atoms with Crippen molar-refractivity contribution in [2.45, 2.75) is 141 Å². The number of methoxy groups -OCH3 is 1. The Morgan fingerprint density at radius 3 is 2.43 bits per heavy atom. The number of aliphatic hydroxyl groups is 1. The number of Topliss-reactive ketones (excluding diaryl/α,β-unsaturated/α-hetero) is 1. The molecule has 16 nitrogen and oxygen atoms in total. The lowest BCUT2D eigenvalue weighted by Gasteiger charge is -2.47. The number of alkyl halides is 1. The molecule has 0 aromatic carbocycles. The van der Waals surface area contributed by atoms with Crippen molar-refractivity contribution in [3.05, 3.63) is 24.0 Å². The maximum atomic E-state index is 16.7. The van der Waals surface area contributed by atoms with E-state index in [0.29, 0.717) is 23.4 Å². The van der Waals surface area contributed by atoms with Crippen molar-refractivity contribution in [2.24, 2.45) is 22.9 Å². The summed E-state index contributed by atoms with van der Waals surface area (Å²) < 4.78 is 52.7. The van der Waals surface area contributed by atoms with Crippen LogP contribution in [0.15, 0.2) is 23.6 Å². The number of aliphatic hydroxyl groups excluding tert-OH is 1. The molecule has 3 fully saturated rings. The van der Waals surface area contributed by atoms with Crippen LogP contribution in [0.3, 0.4) is 0 Å². The first kappa shape index (κ1) is 46.5. The van der Waals surface area contributed by atoms with Crippen molar-refractivity contribution >= 4 is 35.2 Å². The molecule has 3 aliphatic heterocycles. The summed E-state index contributed by atoms with van der Waals surface area (Å²) in [5.74, 6) is 0.175. The third-order valence-electron chi connectivity index (χ3n) is 11.4. The number of fused-ring (bicyclic) bond motifs is 1. The summed E-state index contributed by atoms with van der Waals surface area (Å²) >= 11 is 0. The van der Waals surface area contributed by atoms with Crippen molar-refractivity contribution in [1.82, 2.24) is 9.88 Å². The number of esters is 1. The highest BCUT2D eigenvalue weighted by molar-refractivity contribution is 6.08. The minimum absolute atomic E-state index is 0.0592. The maximum absolute atomic E-state index is 16.7. The monoisotopic (exact) mass is 818 g/mol. The molecule has 58 heavy (non-hydrogen) atoms. The Bertz CT molecular complexity index is 1760. The van der Waals surface area contributed by atoms with Crippen LogP contribution in [-0.4, -0.2) is 132 Å². The fraction of sp³-hybridized carbons (Fsp3) is 0.707. The fourth-order valence-electron chi connectivity index (χ4n) is 8.29. The van der Waals surface area contributed by atoms with E-state index in [4.69, 9.17) is 33.3 Å². The molecule has 0 saturated carbocycles. The van der Waals surface area contributed by atoms with Gasteiger partial charge in [0.25, 0.3) is 5.67 Å². The van der Waals surface area contributed by atoms with Gasteiger partial charge in [-0.3, -0.25) is 14.6 Å². The van der Waals surface area contributed by atoms with Crippen molar-refractivity contribution in [2.75, 3.05) is 33.1 Å². The standard InChI is InChI=1S/C41H59FN4O12/c1-13-30-41(9)35(57-38(51)58-41)24(4)31(45-53-16-14-15-27-18-28(21-43-20-27)44-26(6)47)22(2)19-39(7,52-12)34(25(5)33(49)40(8,42)37(50)55-30)56-36-32(48)29(46(10)11)17-23(3)54-36/h18,20-25,29-30,32,34-36,48H,13,16-17,19H2,1-12H3,(H,44,47)/b45-31+/t22-,23-,24+,25+,29+,30-,32-,34-,35-,36+,39-,40+,41-/m1/s1. The highest BCUT2D eigenvalue weighted by atomic mass is 19.1. The minimum Gasteiger partial charge on any atom is -0.455 e. The topological polar surface area (TPSA) is 194 Å². The molecular formula is C41H59FN4O12. The Morgan fingerprint density at radius 1 is 1.12 bits per heavy atom. The van der Waals surface area contributed by atoms with Crippen molar-refractivity contribution in [3.8, 4) is 11.8 Å². The number of ether oxygens (including phenoxy) is 6. The summed E-state index contributed by atoms with van der Waals surface area (Å²) in [7, 11) is 5.04. The van der Waals surface area contributed by atoms with Crippen molar-refractivity contribution in [1.29, 1.82) is 0 Å². The molecule has 17 heteroatoms. The molecule has 2 N–H and O–H groups in total. The van der Waals surface area contributed by atoms with E-state index in [1.54, 1.807) is 26.8 Å². The van der Waals surface area contributed by atoms with E-state index in [1.165, 1.54) is 40.3 Å². The molecule has 3 aliphatic rings. The molecule has 0 aliphatic carbocycles.